The van der Waals surface area contributed by atoms with E-state index in [1.165, 1.54) is 12.1 Å². The van der Waals surface area contributed by atoms with Crippen molar-refractivity contribution >= 4 is 11.2 Å². The maximum Gasteiger partial charge on any atom is 0.173 e. The summed E-state index contributed by atoms with van der Waals surface area (Å²) in [5.41, 5.74) is 3.23. The highest BCUT2D eigenvalue weighted by atomic mass is 19.1. The lowest BCUT2D eigenvalue weighted by atomic mass is 10.2. The first-order valence-corrected chi connectivity index (χ1v) is 10.5. The van der Waals surface area contributed by atoms with E-state index >= 15 is 0 Å². The van der Waals surface area contributed by atoms with Crippen LogP contribution in [0.4, 0.5) is 4.39 Å². The van der Waals surface area contributed by atoms with Gasteiger partial charge in [0.25, 0.3) is 0 Å². The fraction of sp³-hybridized carbons (Fsp3) is 0.292. The minimum absolute atomic E-state index is 0.0354. The average molecular weight is 452 g/mol. The molecule has 4 rings (SSSR count). The number of hydrogen-bond donors (Lipinski definition) is 2. The van der Waals surface area contributed by atoms with E-state index in [1.807, 2.05) is 29.7 Å². The van der Waals surface area contributed by atoms with Crippen LogP contribution in [0.25, 0.3) is 11.2 Å². The third-order valence-electron chi connectivity index (χ3n) is 5.36. The molecule has 1 atom stereocenters. The van der Waals surface area contributed by atoms with Crippen LogP contribution >= 0.6 is 0 Å². The number of H-pyrrole nitrogens is 1. The van der Waals surface area contributed by atoms with Gasteiger partial charge in [0.2, 0.25) is 0 Å². The number of ether oxygens (including phenoxy) is 3. The van der Waals surface area contributed by atoms with Crippen LogP contribution in [0.5, 0.6) is 11.5 Å². The summed E-state index contributed by atoms with van der Waals surface area (Å²) in [4.78, 5) is 12.2. The van der Waals surface area contributed by atoms with E-state index < -0.39 is 0 Å². The van der Waals surface area contributed by atoms with Gasteiger partial charge in [0.1, 0.15) is 17.2 Å². The maximum atomic E-state index is 13.0. The topological polar surface area (TPSA) is 98.0 Å². The van der Waals surface area contributed by atoms with Gasteiger partial charge in [0.05, 0.1) is 40.3 Å². The van der Waals surface area contributed by atoms with Crippen molar-refractivity contribution in [3.05, 3.63) is 77.0 Å². The van der Waals surface area contributed by atoms with Gasteiger partial charge in [-0.3, -0.25) is 5.41 Å². The second-order valence-corrected chi connectivity index (χ2v) is 7.77. The number of hydrogen-bond acceptors (Lipinski definition) is 6. The molecule has 4 aromatic rings. The second kappa shape index (κ2) is 9.83. The lowest BCUT2D eigenvalue weighted by molar-refractivity contribution is 0.109. The number of fused-ring (bicyclic) bond motifs is 1. The first-order chi connectivity index (χ1) is 16.0. The minimum Gasteiger partial charge on any atom is -0.493 e. The van der Waals surface area contributed by atoms with Gasteiger partial charge >= 0.3 is 0 Å². The van der Waals surface area contributed by atoms with Crippen LogP contribution in [0.2, 0.25) is 0 Å². The van der Waals surface area contributed by atoms with Crippen molar-refractivity contribution in [1.82, 2.24) is 19.5 Å². The van der Waals surface area contributed by atoms with Crippen molar-refractivity contribution < 1.29 is 18.6 Å². The summed E-state index contributed by atoms with van der Waals surface area (Å²) in [6.45, 7) is 3.31. The van der Waals surface area contributed by atoms with E-state index in [1.54, 1.807) is 32.7 Å². The molecular weight excluding hydrogens is 425 g/mol. The first-order valence-electron chi connectivity index (χ1n) is 10.5. The number of methoxy groups -OCH3 is 2. The van der Waals surface area contributed by atoms with E-state index in [2.05, 4.69) is 9.97 Å². The van der Waals surface area contributed by atoms with Gasteiger partial charge in [-0.05, 0) is 35.4 Å². The molecule has 0 bridgehead atoms. The lowest BCUT2D eigenvalue weighted by Crippen LogP contribution is -2.13. The monoisotopic (exact) mass is 451 g/mol. The van der Waals surface area contributed by atoms with Crippen LogP contribution in [-0.4, -0.2) is 40.3 Å². The van der Waals surface area contributed by atoms with Crippen molar-refractivity contribution in [3.8, 4) is 11.5 Å². The Hall–Kier alpha value is -3.72. The summed E-state index contributed by atoms with van der Waals surface area (Å²) in [5, 5.41) is 8.19. The molecule has 9 heteroatoms. The van der Waals surface area contributed by atoms with Gasteiger partial charge in [-0.2, -0.15) is 0 Å². The molecule has 0 saturated carbocycles. The summed E-state index contributed by atoms with van der Waals surface area (Å²) < 4.78 is 31.4. The molecule has 2 aromatic carbocycles. The standard InChI is InChI=1S/C24H26FN5O3/c1-15(12-33-13-16-4-7-18(25)8-5-16)23-28-21-22(26)27-14-30(24(21)29-23)11-17-6-9-19(31-2)20(10-17)32-3/h4-10,14-15,26H,11-13H2,1-3H3,(H,28,29). The Morgan fingerprint density at radius 3 is 2.52 bits per heavy atom. The quantitative estimate of drug-likeness (QED) is 0.404. The smallest absolute Gasteiger partial charge is 0.173 e. The summed E-state index contributed by atoms with van der Waals surface area (Å²) in [6, 6.07) is 12.0. The van der Waals surface area contributed by atoms with Gasteiger partial charge in [-0.15, -0.1) is 0 Å². The van der Waals surface area contributed by atoms with Gasteiger partial charge < -0.3 is 23.8 Å². The summed E-state index contributed by atoms with van der Waals surface area (Å²) >= 11 is 0. The molecule has 0 radical (unpaired) electrons. The molecule has 1 unspecified atom stereocenters. The highest BCUT2D eigenvalue weighted by molar-refractivity contribution is 5.69. The summed E-state index contributed by atoms with van der Waals surface area (Å²) in [5.74, 6) is 1.72. The van der Waals surface area contributed by atoms with E-state index in [0.29, 0.717) is 48.2 Å². The molecule has 0 amide bonds. The zero-order valence-corrected chi connectivity index (χ0v) is 18.8. The molecule has 8 nitrogen and oxygen atoms in total. The largest absolute Gasteiger partial charge is 0.493 e. The molecule has 172 valence electrons. The number of benzene rings is 2. The number of rotatable bonds is 9. The van der Waals surface area contributed by atoms with Crippen LogP contribution in [0.15, 0.2) is 48.8 Å². The van der Waals surface area contributed by atoms with Gasteiger partial charge in [0.15, 0.2) is 22.6 Å². The summed E-state index contributed by atoms with van der Waals surface area (Å²) in [7, 11) is 3.20. The van der Waals surface area contributed by atoms with E-state index in [-0.39, 0.29) is 17.2 Å². The molecule has 0 aliphatic carbocycles. The van der Waals surface area contributed by atoms with Crippen molar-refractivity contribution in [2.45, 2.75) is 26.0 Å². The number of nitrogens with one attached hydrogen (secondary N) is 2. The highest BCUT2D eigenvalue weighted by Gasteiger charge is 2.15. The van der Waals surface area contributed by atoms with Crippen molar-refractivity contribution in [2.24, 2.45) is 0 Å². The summed E-state index contributed by atoms with van der Waals surface area (Å²) in [6.07, 6.45) is 1.61. The highest BCUT2D eigenvalue weighted by Crippen LogP contribution is 2.28. The van der Waals surface area contributed by atoms with Gasteiger partial charge in [-0.25, -0.2) is 14.4 Å². The molecule has 2 N–H and O–H groups in total. The van der Waals surface area contributed by atoms with Crippen LogP contribution < -0.4 is 15.0 Å². The molecule has 0 saturated heterocycles. The molecular formula is C24H26FN5O3. The van der Waals surface area contributed by atoms with Crippen LogP contribution in [0.1, 0.15) is 29.8 Å². The Morgan fingerprint density at radius 2 is 1.79 bits per heavy atom. The number of nitrogens with zero attached hydrogens (tertiary/aromatic N) is 3. The normalized spacial score (nSPS) is 12.1. The van der Waals surface area contributed by atoms with Crippen molar-refractivity contribution in [1.29, 1.82) is 5.41 Å². The predicted octanol–water partition coefficient (Wildman–Crippen LogP) is 3.76. The molecule has 2 heterocycles. The average Bonchev–Trinajstić information content (AvgIpc) is 3.29. The maximum absolute atomic E-state index is 13.0. The third kappa shape index (κ3) is 5.04. The molecule has 0 aliphatic rings. The first kappa shape index (κ1) is 22.5. The van der Waals surface area contributed by atoms with E-state index in [0.717, 1.165) is 11.1 Å². The Morgan fingerprint density at radius 1 is 1.06 bits per heavy atom. The Kier molecular flexibility index (Phi) is 6.69. The van der Waals surface area contributed by atoms with Crippen molar-refractivity contribution in [3.63, 3.8) is 0 Å². The molecule has 2 aromatic heterocycles. The fourth-order valence-corrected chi connectivity index (χ4v) is 3.54. The van der Waals surface area contributed by atoms with E-state index in [9.17, 15) is 4.39 Å². The van der Waals surface area contributed by atoms with Crippen LogP contribution in [-0.2, 0) is 17.9 Å². The molecule has 0 spiro atoms. The number of aromatic amines is 1. The SMILES string of the molecule is COc1ccc(Cn2cnc(=N)c3[nH]c(C(C)COCc4ccc(F)cc4)nc32)cc1OC. The Balaban J connectivity index is 1.52. The lowest BCUT2D eigenvalue weighted by Gasteiger charge is -2.11. The minimum atomic E-state index is -0.268. The zero-order chi connectivity index (χ0) is 23.4. The molecule has 0 aliphatic heterocycles. The van der Waals surface area contributed by atoms with Gasteiger partial charge in [0, 0.05) is 5.92 Å². The fourth-order valence-electron chi connectivity index (χ4n) is 3.54. The van der Waals surface area contributed by atoms with E-state index in [4.69, 9.17) is 24.6 Å². The third-order valence-corrected chi connectivity index (χ3v) is 5.36. The molecule has 33 heavy (non-hydrogen) atoms. The Bertz CT molecular complexity index is 1300. The predicted molar refractivity (Wildman–Crippen MR) is 121 cm³/mol. The Labute approximate surface area is 190 Å². The van der Waals surface area contributed by atoms with Crippen LogP contribution in [0.3, 0.4) is 0 Å². The number of halogens is 1. The number of imidazole rings is 1. The zero-order valence-electron chi connectivity index (χ0n) is 18.8. The van der Waals surface area contributed by atoms with Crippen molar-refractivity contribution in [2.75, 3.05) is 20.8 Å². The van der Waals surface area contributed by atoms with Gasteiger partial charge in [-0.1, -0.05) is 25.1 Å². The number of aromatic nitrogens is 4. The molecule has 0 fully saturated rings. The second-order valence-electron chi connectivity index (χ2n) is 7.77. The van der Waals surface area contributed by atoms with Crippen LogP contribution in [0, 0.1) is 11.2 Å².